The van der Waals surface area contributed by atoms with Gasteiger partial charge in [-0.15, -0.1) is 11.6 Å². The molecule has 3 rings (SSSR count). The fourth-order valence-corrected chi connectivity index (χ4v) is 2.94. The van der Waals surface area contributed by atoms with E-state index in [1.54, 1.807) is 10.6 Å². The molecule has 7 heteroatoms. The van der Waals surface area contributed by atoms with Gasteiger partial charge in [-0.2, -0.15) is 0 Å². The van der Waals surface area contributed by atoms with Gasteiger partial charge in [0.15, 0.2) is 11.6 Å². The van der Waals surface area contributed by atoms with Crippen molar-refractivity contribution < 1.29 is 13.9 Å². The molecule has 0 radical (unpaired) electrons. The smallest absolute Gasteiger partial charge is 0.243 e. The average Bonchev–Trinajstić information content (AvgIpc) is 2.84. The number of halogens is 2. The summed E-state index contributed by atoms with van der Waals surface area (Å²) in [7, 11) is 1.40. The van der Waals surface area contributed by atoms with Crippen LogP contribution < -0.4 is 10.1 Å². The quantitative estimate of drug-likeness (QED) is 0.885. The van der Waals surface area contributed by atoms with E-state index in [4.69, 9.17) is 16.3 Å². The van der Waals surface area contributed by atoms with Gasteiger partial charge in [0.05, 0.1) is 24.0 Å². The Morgan fingerprint density at radius 3 is 3.05 bits per heavy atom. The first-order valence-electron chi connectivity index (χ1n) is 6.73. The number of nitrogens with one attached hydrogen (secondary N) is 1. The Kier molecular flexibility index (Phi) is 3.71. The molecule has 1 aromatic carbocycles. The molecule has 1 aliphatic heterocycles. The van der Waals surface area contributed by atoms with Crippen molar-refractivity contribution in [1.29, 1.82) is 0 Å². The second kappa shape index (κ2) is 5.52. The molecule has 1 aliphatic rings. The van der Waals surface area contributed by atoms with Crippen molar-refractivity contribution >= 4 is 28.5 Å². The number of carbonyl (C=O) groups is 1. The fourth-order valence-electron chi connectivity index (χ4n) is 2.75. The van der Waals surface area contributed by atoms with Gasteiger partial charge >= 0.3 is 0 Å². The van der Waals surface area contributed by atoms with Crippen LogP contribution in [-0.2, 0) is 10.7 Å². The number of alkyl halides is 1. The van der Waals surface area contributed by atoms with Crippen LogP contribution in [0.4, 0.5) is 4.39 Å². The van der Waals surface area contributed by atoms with Crippen molar-refractivity contribution in [2.75, 3.05) is 13.7 Å². The zero-order valence-electron chi connectivity index (χ0n) is 11.5. The number of carbonyl (C=O) groups excluding carboxylic acids is 1. The molecule has 0 saturated carbocycles. The van der Waals surface area contributed by atoms with Gasteiger partial charge in [-0.05, 0) is 12.8 Å². The Labute approximate surface area is 126 Å². The molecule has 2 heterocycles. The van der Waals surface area contributed by atoms with E-state index in [9.17, 15) is 9.18 Å². The van der Waals surface area contributed by atoms with Crippen molar-refractivity contribution in [3.05, 3.63) is 23.8 Å². The summed E-state index contributed by atoms with van der Waals surface area (Å²) in [6, 6.07) is 2.50. The number of ether oxygens (including phenoxy) is 1. The highest BCUT2D eigenvalue weighted by molar-refractivity contribution is 6.17. The summed E-state index contributed by atoms with van der Waals surface area (Å²) in [6.07, 6.45) is 1.59. The van der Waals surface area contributed by atoms with Crippen LogP contribution in [0.1, 0.15) is 24.7 Å². The van der Waals surface area contributed by atoms with E-state index in [-0.39, 0.29) is 23.6 Å². The highest BCUT2D eigenvalue weighted by atomic mass is 35.5. The van der Waals surface area contributed by atoms with Crippen molar-refractivity contribution in [2.24, 2.45) is 0 Å². The summed E-state index contributed by atoms with van der Waals surface area (Å²) in [5.41, 5.74) is 1.13. The Morgan fingerprint density at radius 1 is 1.57 bits per heavy atom. The standard InChI is InChI=1S/C14H15ClFN3O2/c1-21-12-6-11-9(5-8(12)16)18-13(7-15)19(11)10-3-2-4-17-14(10)20/h5-6,10H,2-4,7H2,1H3,(H,17,20). The Hall–Kier alpha value is -1.82. The van der Waals surface area contributed by atoms with Crippen LogP contribution in [0.2, 0.25) is 0 Å². The van der Waals surface area contributed by atoms with E-state index < -0.39 is 5.82 Å². The van der Waals surface area contributed by atoms with Crippen LogP contribution in [0.25, 0.3) is 11.0 Å². The monoisotopic (exact) mass is 311 g/mol. The number of hydrogen-bond donors (Lipinski definition) is 1. The minimum absolute atomic E-state index is 0.0600. The molecule has 112 valence electrons. The summed E-state index contributed by atoms with van der Waals surface area (Å²) < 4.78 is 20.6. The predicted molar refractivity (Wildman–Crippen MR) is 77.1 cm³/mol. The van der Waals surface area contributed by atoms with Crippen molar-refractivity contribution in [3.63, 3.8) is 0 Å². The van der Waals surface area contributed by atoms with Gasteiger partial charge < -0.3 is 14.6 Å². The van der Waals surface area contributed by atoms with E-state index in [2.05, 4.69) is 10.3 Å². The number of imidazole rings is 1. The van der Waals surface area contributed by atoms with Gasteiger partial charge in [0.2, 0.25) is 5.91 Å². The third kappa shape index (κ3) is 2.33. The van der Waals surface area contributed by atoms with Gasteiger partial charge in [0.1, 0.15) is 11.9 Å². The molecule has 1 fully saturated rings. The molecule has 1 amide bonds. The Morgan fingerprint density at radius 2 is 2.38 bits per heavy atom. The molecular weight excluding hydrogens is 297 g/mol. The second-order valence-electron chi connectivity index (χ2n) is 4.96. The zero-order valence-corrected chi connectivity index (χ0v) is 12.3. The summed E-state index contributed by atoms with van der Waals surface area (Å²) >= 11 is 5.94. The number of aromatic nitrogens is 2. The molecular formula is C14H15ClFN3O2. The van der Waals surface area contributed by atoms with Crippen LogP contribution >= 0.6 is 11.6 Å². The lowest BCUT2D eigenvalue weighted by Crippen LogP contribution is -2.38. The van der Waals surface area contributed by atoms with Gasteiger partial charge in [-0.1, -0.05) is 0 Å². The largest absolute Gasteiger partial charge is 0.494 e. The maximum absolute atomic E-state index is 13.8. The van der Waals surface area contributed by atoms with Gasteiger partial charge in [-0.3, -0.25) is 4.79 Å². The van der Waals surface area contributed by atoms with E-state index in [1.807, 2.05) is 0 Å². The average molecular weight is 312 g/mol. The summed E-state index contributed by atoms with van der Waals surface area (Å²) in [5.74, 6) is 0.295. The van der Waals surface area contributed by atoms with Crippen molar-refractivity contribution in [1.82, 2.24) is 14.9 Å². The number of piperidine rings is 1. The normalized spacial score (nSPS) is 18.8. The molecule has 21 heavy (non-hydrogen) atoms. The first-order chi connectivity index (χ1) is 10.2. The van der Waals surface area contributed by atoms with Crippen LogP contribution in [0.3, 0.4) is 0 Å². The molecule has 1 unspecified atom stereocenters. The SMILES string of the molecule is COc1cc2c(cc1F)nc(CCl)n2C1CCCNC1=O. The number of hydrogen-bond acceptors (Lipinski definition) is 3. The van der Waals surface area contributed by atoms with E-state index in [0.717, 1.165) is 6.42 Å². The Balaban J connectivity index is 2.21. The predicted octanol–water partition coefficient (Wildman–Crippen LogP) is 2.37. The van der Waals surface area contributed by atoms with Gasteiger partial charge in [0, 0.05) is 18.7 Å². The summed E-state index contributed by atoms with van der Waals surface area (Å²) in [6.45, 7) is 0.677. The fraction of sp³-hybridized carbons (Fsp3) is 0.429. The van der Waals surface area contributed by atoms with E-state index in [1.165, 1.54) is 13.2 Å². The van der Waals surface area contributed by atoms with Crippen LogP contribution in [0.5, 0.6) is 5.75 Å². The number of amides is 1. The zero-order chi connectivity index (χ0) is 15.0. The first-order valence-corrected chi connectivity index (χ1v) is 7.27. The highest BCUT2D eigenvalue weighted by Crippen LogP contribution is 2.31. The molecule has 1 N–H and O–H groups in total. The molecule has 1 aromatic heterocycles. The Bertz CT molecular complexity index is 701. The number of rotatable bonds is 3. The number of nitrogens with zero attached hydrogens (tertiary/aromatic N) is 2. The summed E-state index contributed by atoms with van der Waals surface area (Å²) in [4.78, 5) is 16.5. The number of benzene rings is 1. The highest BCUT2D eigenvalue weighted by Gasteiger charge is 2.28. The van der Waals surface area contributed by atoms with Crippen LogP contribution in [0, 0.1) is 5.82 Å². The molecule has 1 saturated heterocycles. The first kappa shape index (κ1) is 14.1. The molecule has 5 nitrogen and oxygen atoms in total. The lowest BCUT2D eigenvalue weighted by molar-refractivity contribution is -0.125. The summed E-state index contributed by atoms with van der Waals surface area (Å²) in [5, 5.41) is 2.84. The lowest BCUT2D eigenvalue weighted by Gasteiger charge is -2.25. The second-order valence-corrected chi connectivity index (χ2v) is 5.22. The van der Waals surface area contributed by atoms with Crippen molar-refractivity contribution in [3.8, 4) is 5.75 Å². The molecule has 2 aromatic rings. The third-order valence-electron chi connectivity index (χ3n) is 3.72. The van der Waals surface area contributed by atoms with Crippen LogP contribution in [0.15, 0.2) is 12.1 Å². The number of fused-ring (bicyclic) bond motifs is 1. The van der Waals surface area contributed by atoms with Gasteiger partial charge in [0.25, 0.3) is 0 Å². The topological polar surface area (TPSA) is 56.1 Å². The van der Waals surface area contributed by atoms with Gasteiger partial charge in [-0.25, -0.2) is 9.37 Å². The maximum atomic E-state index is 13.8. The van der Waals surface area contributed by atoms with Crippen molar-refractivity contribution in [2.45, 2.75) is 24.8 Å². The van der Waals surface area contributed by atoms with E-state index >= 15 is 0 Å². The molecule has 1 atom stereocenters. The third-order valence-corrected chi connectivity index (χ3v) is 3.96. The number of methoxy groups -OCH3 is 1. The molecule has 0 aliphatic carbocycles. The molecule has 0 spiro atoms. The molecule has 0 bridgehead atoms. The maximum Gasteiger partial charge on any atom is 0.243 e. The minimum atomic E-state index is -0.483. The van der Waals surface area contributed by atoms with E-state index in [0.29, 0.717) is 29.8 Å². The minimum Gasteiger partial charge on any atom is -0.494 e. The lowest BCUT2D eigenvalue weighted by atomic mass is 10.1. The van der Waals surface area contributed by atoms with Crippen LogP contribution in [-0.4, -0.2) is 29.1 Å².